The Labute approximate surface area is 247 Å². The van der Waals surface area contributed by atoms with Crippen LogP contribution in [0.25, 0.3) is 16.9 Å². The average Bonchev–Trinajstić information content (AvgIpc) is 3.73. The van der Waals surface area contributed by atoms with Crippen molar-refractivity contribution in [1.82, 2.24) is 40.1 Å². The molecular formula is C27H27ClF3N9O3. The fourth-order valence-electron chi connectivity index (χ4n) is 5.43. The fourth-order valence-corrected chi connectivity index (χ4v) is 5.69. The number of imidazole rings is 1. The molecule has 16 heteroatoms. The Morgan fingerprint density at radius 2 is 1.95 bits per heavy atom. The van der Waals surface area contributed by atoms with Gasteiger partial charge in [0.25, 0.3) is 5.91 Å². The maximum atomic E-state index is 13.4. The van der Waals surface area contributed by atoms with Crippen molar-refractivity contribution >= 4 is 40.6 Å². The standard InChI is InChI=1S/C27H27ClF3N9O3/c28-19-9-15(36-23-24-34-13-21(40(24)8-5-32-23)18-12-35-38-22(18)27(29,30)31)1-2-17(19)26(43)39-6-3-14(4-7-39)37-25(42)20-10-16(41)11-33-20/h1-2,5,8-9,12-14,16,20,33,41H,3-4,6-7,10-11H2,(H,32,36)(H,35,38)(H,37,42)/t16-,20+/m1/s1. The van der Waals surface area contributed by atoms with Crippen LogP contribution in [0.1, 0.15) is 35.3 Å². The lowest BCUT2D eigenvalue weighted by Gasteiger charge is -2.33. The number of carbonyl (C=O) groups is 2. The van der Waals surface area contributed by atoms with Crippen LogP contribution in [-0.2, 0) is 11.0 Å². The molecule has 4 aromatic rings. The molecule has 0 spiro atoms. The van der Waals surface area contributed by atoms with Crippen LogP contribution in [0.3, 0.4) is 0 Å². The first-order valence-corrected chi connectivity index (χ1v) is 14.0. The minimum atomic E-state index is -4.65. The van der Waals surface area contributed by atoms with E-state index in [-0.39, 0.29) is 45.6 Å². The first-order valence-electron chi connectivity index (χ1n) is 13.6. The highest BCUT2D eigenvalue weighted by atomic mass is 35.5. The number of amides is 2. The normalized spacial score (nSPS) is 19.6. The van der Waals surface area contributed by atoms with Gasteiger partial charge in [-0.2, -0.15) is 18.3 Å². The zero-order valence-electron chi connectivity index (χ0n) is 22.5. The highest BCUT2D eigenvalue weighted by Gasteiger charge is 2.37. The molecule has 0 bridgehead atoms. The van der Waals surface area contributed by atoms with Gasteiger partial charge >= 0.3 is 6.18 Å². The van der Waals surface area contributed by atoms with Gasteiger partial charge in [0.1, 0.15) is 0 Å². The van der Waals surface area contributed by atoms with E-state index >= 15 is 0 Å². The summed E-state index contributed by atoms with van der Waals surface area (Å²) < 4.78 is 41.7. The monoisotopic (exact) mass is 617 g/mol. The number of aromatic nitrogens is 5. The van der Waals surface area contributed by atoms with Gasteiger partial charge in [0.2, 0.25) is 5.91 Å². The number of halogens is 4. The van der Waals surface area contributed by atoms with Gasteiger partial charge in [-0.3, -0.25) is 19.1 Å². The number of aliphatic hydroxyl groups excluding tert-OH is 1. The van der Waals surface area contributed by atoms with Crippen LogP contribution in [0, 0.1) is 0 Å². The van der Waals surface area contributed by atoms with Crippen molar-refractivity contribution in [3.63, 3.8) is 0 Å². The predicted octanol–water partition coefficient (Wildman–Crippen LogP) is 2.98. The first-order chi connectivity index (χ1) is 20.6. The lowest BCUT2D eigenvalue weighted by Crippen LogP contribution is -2.50. The van der Waals surface area contributed by atoms with E-state index in [1.165, 1.54) is 23.0 Å². The van der Waals surface area contributed by atoms with E-state index in [0.717, 1.165) is 6.20 Å². The Morgan fingerprint density at radius 3 is 2.65 bits per heavy atom. The van der Waals surface area contributed by atoms with Gasteiger partial charge in [-0.05, 0) is 37.5 Å². The maximum absolute atomic E-state index is 13.4. The predicted molar refractivity (Wildman–Crippen MR) is 150 cm³/mol. The number of rotatable bonds is 6. The molecule has 2 amide bonds. The molecule has 3 aromatic heterocycles. The quantitative estimate of drug-likeness (QED) is 0.221. The van der Waals surface area contributed by atoms with Gasteiger partial charge in [0.05, 0.1) is 40.2 Å². The maximum Gasteiger partial charge on any atom is 0.435 e. The molecule has 2 aliphatic rings. The number of carbonyl (C=O) groups excluding carboxylic acids is 2. The highest BCUT2D eigenvalue weighted by molar-refractivity contribution is 6.34. The Balaban J connectivity index is 1.11. The molecule has 43 heavy (non-hydrogen) atoms. The zero-order chi connectivity index (χ0) is 30.3. The van der Waals surface area contributed by atoms with Crippen LogP contribution in [0.5, 0.6) is 0 Å². The van der Waals surface area contributed by atoms with E-state index in [1.807, 2.05) is 0 Å². The highest BCUT2D eigenvalue weighted by Crippen LogP contribution is 2.36. The molecule has 6 rings (SSSR count). The van der Waals surface area contributed by atoms with E-state index in [9.17, 15) is 27.9 Å². The number of nitrogens with zero attached hydrogens (tertiary/aromatic N) is 5. The number of hydrogen-bond donors (Lipinski definition) is 5. The van der Waals surface area contributed by atoms with E-state index in [4.69, 9.17) is 11.6 Å². The molecular weight excluding hydrogens is 591 g/mol. The van der Waals surface area contributed by atoms with Gasteiger partial charge in [-0.25, -0.2) is 9.97 Å². The van der Waals surface area contributed by atoms with Gasteiger partial charge in [0.15, 0.2) is 17.2 Å². The van der Waals surface area contributed by atoms with Gasteiger partial charge in [-0.1, -0.05) is 11.6 Å². The summed E-state index contributed by atoms with van der Waals surface area (Å²) in [5, 5.41) is 24.5. The number of likely N-dealkylation sites (tertiary alicyclic amines) is 1. The lowest BCUT2D eigenvalue weighted by atomic mass is 10.0. The number of fused-ring (bicyclic) bond motifs is 1. The van der Waals surface area contributed by atoms with Crippen molar-refractivity contribution in [2.75, 3.05) is 25.0 Å². The summed E-state index contributed by atoms with van der Waals surface area (Å²) in [5.74, 6) is -0.107. The molecule has 5 heterocycles. The number of aliphatic hydroxyl groups is 1. The molecule has 0 aliphatic carbocycles. The van der Waals surface area contributed by atoms with Crippen LogP contribution in [0.4, 0.5) is 24.7 Å². The van der Waals surface area contributed by atoms with Crippen LogP contribution in [0.15, 0.2) is 43.0 Å². The summed E-state index contributed by atoms with van der Waals surface area (Å²) in [4.78, 5) is 35.9. The van der Waals surface area contributed by atoms with Crippen molar-refractivity contribution in [3.8, 4) is 11.3 Å². The third-order valence-electron chi connectivity index (χ3n) is 7.63. The summed E-state index contributed by atoms with van der Waals surface area (Å²) in [6, 6.07) is 4.34. The minimum Gasteiger partial charge on any atom is -0.392 e. The van der Waals surface area contributed by atoms with E-state index < -0.39 is 24.0 Å². The van der Waals surface area contributed by atoms with Crippen LogP contribution < -0.4 is 16.0 Å². The molecule has 0 saturated carbocycles. The summed E-state index contributed by atoms with van der Waals surface area (Å²) in [7, 11) is 0. The van der Waals surface area contributed by atoms with Crippen LogP contribution in [0.2, 0.25) is 5.02 Å². The van der Waals surface area contributed by atoms with E-state index in [2.05, 4.69) is 36.1 Å². The number of piperidine rings is 1. The van der Waals surface area contributed by atoms with Gasteiger partial charge in [0, 0.05) is 50.0 Å². The lowest BCUT2D eigenvalue weighted by molar-refractivity contribution is -0.140. The number of benzene rings is 1. The number of β-amino-alcohol motifs (C(OH)–C–C–N with tert-alkyl or cyclic N) is 1. The third kappa shape index (κ3) is 5.87. The first kappa shape index (κ1) is 28.9. The van der Waals surface area contributed by atoms with Gasteiger partial charge < -0.3 is 26.0 Å². The van der Waals surface area contributed by atoms with Crippen molar-refractivity contribution in [2.24, 2.45) is 0 Å². The summed E-state index contributed by atoms with van der Waals surface area (Å²) in [6.45, 7) is 1.29. The second kappa shape index (κ2) is 11.5. The molecule has 2 aliphatic heterocycles. The second-order valence-corrected chi connectivity index (χ2v) is 10.9. The number of aromatic amines is 1. The number of nitrogens with one attached hydrogen (secondary N) is 4. The Morgan fingerprint density at radius 1 is 1.16 bits per heavy atom. The second-order valence-electron chi connectivity index (χ2n) is 10.5. The molecule has 226 valence electrons. The Bertz CT molecular complexity index is 1670. The van der Waals surface area contributed by atoms with Crippen molar-refractivity contribution in [1.29, 1.82) is 0 Å². The molecule has 1 aromatic carbocycles. The molecule has 0 radical (unpaired) electrons. The molecule has 2 saturated heterocycles. The molecule has 2 fully saturated rings. The molecule has 2 atom stereocenters. The fraction of sp³-hybridized carbons (Fsp3) is 0.370. The van der Waals surface area contributed by atoms with Crippen molar-refractivity contribution in [2.45, 2.75) is 43.6 Å². The largest absolute Gasteiger partial charge is 0.435 e. The van der Waals surface area contributed by atoms with Crippen molar-refractivity contribution in [3.05, 3.63) is 59.3 Å². The molecule has 12 nitrogen and oxygen atoms in total. The summed E-state index contributed by atoms with van der Waals surface area (Å²) >= 11 is 6.51. The average molecular weight is 618 g/mol. The molecule has 5 N–H and O–H groups in total. The summed E-state index contributed by atoms with van der Waals surface area (Å²) in [5.41, 5.74) is 0.0606. The Kier molecular flexibility index (Phi) is 7.70. The zero-order valence-corrected chi connectivity index (χ0v) is 23.3. The summed E-state index contributed by atoms with van der Waals surface area (Å²) in [6.07, 6.45) is 1.79. The topological polar surface area (TPSA) is 153 Å². The smallest absolute Gasteiger partial charge is 0.392 e. The number of H-pyrrole nitrogens is 1. The number of anilines is 2. The molecule has 0 unspecified atom stereocenters. The SMILES string of the molecule is O=C(NC1CCN(C(=O)c2ccc(Nc3nccn4c(-c5c[nH]nc5C(F)(F)F)cnc34)cc2Cl)CC1)[C@@H]1C[C@@H](O)CN1. The van der Waals surface area contributed by atoms with Crippen LogP contribution >= 0.6 is 11.6 Å². The van der Waals surface area contributed by atoms with Gasteiger partial charge in [-0.15, -0.1) is 0 Å². The van der Waals surface area contributed by atoms with E-state index in [1.54, 1.807) is 23.1 Å². The minimum absolute atomic E-state index is 0.0647. The number of alkyl halides is 3. The van der Waals surface area contributed by atoms with Crippen LogP contribution in [-0.4, -0.2) is 84.2 Å². The van der Waals surface area contributed by atoms with E-state index in [0.29, 0.717) is 50.1 Å². The van der Waals surface area contributed by atoms with Crippen molar-refractivity contribution < 1.29 is 27.9 Å². The Hall–Kier alpha value is -4.21. The number of hydrogen-bond acceptors (Lipinski definition) is 8. The third-order valence-corrected chi connectivity index (χ3v) is 7.94.